The molecule has 3 N–H and O–H groups in total. The maximum atomic E-state index is 12.0. The second-order valence-corrected chi connectivity index (χ2v) is 6.68. The van der Waals surface area contributed by atoms with Gasteiger partial charge in [-0.3, -0.25) is 4.79 Å². The van der Waals surface area contributed by atoms with E-state index >= 15 is 0 Å². The zero-order valence-corrected chi connectivity index (χ0v) is 15.4. The highest BCUT2D eigenvalue weighted by Crippen LogP contribution is 2.25. The third-order valence-electron chi connectivity index (χ3n) is 5.15. The molecule has 2 fully saturated rings. The zero-order chi connectivity index (χ0) is 14.4. The number of nitrogens with one attached hydrogen (secondary N) is 1. The summed E-state index contributed by atoms with van der Waals surface area (Å²) in [6, 6.07) is 0.967. The molecular formula is C16H33Cl2N3O. The first kappa shape index (κ1) is 22.0. The fourth-order valence-corrected chi connectivity index (χ4v) is 3.70. The van der Waals surface area contributed by atoms with Gasteiger partial charge in [0.2, 0.25) is 5.91 Å². The van der Waals surface area contributed by atoms with Crippen LogP contribution in [0.5, 0.6) is 0 Å². The first-order valence-electron chi connectivity index (χ1n) is 8.39. The maximum Gasteiger partial charge on any atom is 0.220 e. The van der Waals surface area contributed by atoms with Gasteiger partial charge in [-0.2, -0.15) is 0 Å². The van der Waals surface area contributed by atoms with E-state index in [0.29, 0.717) is 12.3 Å². The van der Waals surface area contributed by atoms with Crippen molar-refractivity contribution < 1.29 is 4.79 Å². The Morgan fingerprint density at radius 2 is 1.68 bits per heavy atom. The fraction of sp³-hybridized carbons (Fsp3) is 0.938. The average molecular weight is 354 g/mol. The van der Waals surface area contributed by atoms with E-state index < -0.39 is 0 Å². The predicted octanol–water partition coefficient (Wildman–Crippen LogP) is 2.73. The summed E-state index contributed by atoms with van der Waals surface area (Å²) in [5.74, 6) is 0.587. The molecule has 132 valence electrons. The minimum absolute atomic E-state index is 0. The SMILES string of the molecule is CN(CCNC(=O)CC1CCCCC1N)C1CCCC1.Cl.Cl. The van der Waals surface area contributed by atoms with Crippen LogP contribution in [0.2, 0.25) is 0 Å². The van der Waals surface area contributed by atoms with Gasteiger partial charge in [-0.15, -0.1) is 24.8 Å². The molecule has 6 heteroatoms. The van der Waals surface area contributed by atoms with Gasteiger partial charge < -0.3 is 16.0 Å². The summed E-state index contributed by atoms with van der Waals surface area (Å²) in [6.07, 6.45) is 10.7. The number of hydrogen-bond acceptors (Lipinski definition) is 3. The number of rotatable bonds is 6. The van der Waals surface area contributed by atoms with Gasteiger partial charge in [0, 0.05) is 31.6 Å². The normalized spacial score (nSPS) is 25.4. The highest BCUT2D eigenvalue weighted by molar-refractivity contribution is 5.85. The van der Waals surface area contributed by atoms with Gasteiger partial charge in [-0.05, 0) is 38.6 Å². The summed E-state index contributed by atoms with van der Waals surface area (Å²) in [7, 11) is 2.18. The number of likely N-dealkylation sites (N-methyl/N-ethyl adjacent to an activating group) is 1. The summed E-state index contributed by atoms with van der Waals surface area (Å²) < 4.78 is 0. The molecule has 2 atom stereocenters. The number of amides is 1. The number of halogens is 2. The van der Waals surface area contributed by atoms with Crippen molar-refractivity contribution in [2.24, 2.45) is 11.7 Å². The van der Waals surface area contributed by atoms with E-state index in [-0.39, 0.29) is 36.8 Å². The predicted molar refractivity (Wildman–Crippen MR) is 96.9 cm³/mol. The highest BCUT2D eigenvalue weighted by atomic mass is 35.5. The molecule has 2 rings (SSSR count). The molecule has 22 heavy (non-hydrogen) atoms. The molecule has 2 unspecified atom stereocenters. The number of carbonyl (C=O) groups is 1. The topological polar surface area (TPSA) is 58.4 Å². The lowest BCUT2D eigenvalue weighted by Crippen LogP contribution is -2.40. The third kappa shape index (κ3) is 7.03. The Morgan fingerprint density at radius 1 is 1.09 bits per heavy atom. The van der Waals surface area contributed by atoms with E-state index in [9.17, 15) is 4.79 Å². The van der Waals surface area contributed by atoms with Crippen LogP contribution >= 0.6 is 24.8 Å². The zero-order valence-electron chi connectivity index (χ0n) is 13.8. The van der Waals surface area contributed by atoms with E-state index in [1.54, 1.807) is 0 Å². The molecule has 0 bridgehead atoms. The summed E-state index contributed by atoms with van der Waals surface area (Å²) in [6.45, 7) is 1.74. The first-order chi connectivity index (χ1) is 9.66. The van der Waals surface area contributed by atoms with E-state index in [4.69, 9.17) is 5.73 Å². The monoisotopic (exact) mass is 353 g/mol. The summed E-state index contributed by atoms with van der Waals surface area (Å²) >= 11 is 0. The molecule has 1 amide bonds. The molecule has 0 aromatic rings. The van der Waals surface area contributed by atoms with Crippen LogP contribution in [0.1, 0.15) is 57.8 Å². The molecule has 0 radical (unpaired) electrons. The standard InChI is InChI=1S/C16H31N3O.2ClH/c1-19(14-7-3-4-8-14)11-10-18-16(20)12-13-6-2-5-9-15(13)17;;/h13-15H,2-12,17H2,1H3,(H,18,20);2*1H. The molecule has 4 nitrogen and oxygen atoms in total. The van der Waals surface area contributed by atoms with Crippen LogP contribution in [-0.2, 0) is 4.79 Å². The van der Waals surface area contributed by atoms with Gasteiger partial charge in [-0.25, -0.2) is 0 Å². The maximum absolute atomic E-state index is 12.0. The van der Waals surface area contributed by atoms with Gasteiger partial charge >= 0.3 is 0 Å². The molecule has 0 saturated heterocycles. The highest BCUT2D eigenvalue weighted by Gasteiger charge is 2.24. The molecule has 0 heterocycles. The van der Waals surface area contributed by atoms with E-state index in [1.165, 1.54) is 38.5 Å². The first-order valence-corrected chi connectivity index (χ1v) is 8.39. The van der Waals surface area contributed by atoms with Crippen LogP contribution in [0.15, 0.2) is 0 Å². The second kappa shape index (κ2) is 11.5. The Morgan fingerprint density at radius 3 is 2.32 bits per heavy atom. The van der Waals surface area contributed by atoms with Gasteiger partial charge in [0.15, 0.2) is 0 Å². The Bertz CT molecular complexity index is 312. The van der Waals surface area contributed by atoms with Crippen molar-refractivity contribution in [1.29, 1.82) is 0 Å². The van der Waals surface area contributed by atoms with E-state index in [2.05, 4.69) is 17.3 Å². The molecule has 0 aromatic heterocycles. The molecule has 0 aliphatic heterocycles. The van der Waals surface area contributed by atoms with Crippen LogP contribution in [0, 0.1) is 5.92 Å². The van der Waals surface area contributed by atoms with Gasteiger partial charge in [0.25, 0.3) is 0 Å². The summed E-state index contributed by atoms with van der Waals surface area (Å²) in [4.78, 5) is 14.4. The van der Waals surface area contributed by atoms with Crippen molar-refractivity contribution in [3.8, 4) is 0 Å². The lowest BCUT2D eigenvalue weighted by molar-refractivity contribution is -0.122. The minimum atomic E-state index is 0. The number of hydrogen-bond donors (Lipinski definition) is 2. The lowest BCUT2D eigenvalue weighted by Gasteiger charge is -2.28. The van der Waals surface area contributed by atoms with Crippen molar-refractivity contribution in [1.82, 2.24) is 10.2 Å². The second-order valence-electron chi connectivity index (χ2n) is 6.68. The largest absolute Gasteiger partial charge is 0.355 e. The van der Waals surface area contributed by atoms with Crippen molar-refractivity contribution in [2.45, 2.75) is 69.9 Å². The molecule has 2 aliphatic rings. The molecular weight excluding hydrogens is 321 g/mol. The van der Waals surface area contributed by atoms with Crippen molar-refractivity contribution in [3.05, 3.63) is 0 Å². The molecule has 2 aliphatic carbocycles. The molecule has 2 saturated carbocycles. The Hall–Kier alpha value is -0.0300. The quantitative estimate of drug-likeness (QED) is 0.771. The summed E-state index contributed by atoms with van der Waals surface area (Å²) in [5.41, 5.74) is 6.10. The van der Waals surface area contributed by atoms with Crippen molar-refractivity contribution in [2.75, 3.05) is 20.1 Å². The van der Waals surface area contributed by atoms with E-state index in [0.717, 1.165) is 32.0 Å². The van der Waals surface area contributed by atoms with Crippen molar-refractivity contribution >= 4 is 30.7 Å². The van der Waals surface area contributed by atoms with Crippen LogP contribution in [0.3, 0.4) is 0 Å². The van der Waals surface area contributed by atoms with Crippen LogP contribution in [0.4, 0.5) is 0 Å². The number of nitrogens with zero attached hydrogens (tertiary/aromatic N) is 1. The van der Waals surface area contributed by atoms with Crippen LogP contribution in [0.25, 0.3) is 0 Å². The van der Waals surface area contributed by atoms with Gasteiger partial charge in [0.1, 0.15) is 0 Å². The van der Waals surface area contributed by atoms with E-state index in [1.807, 2.05) is 0 Å². The molecule has 0 spiro atoms. The minimum Gasteiger partial charge on any atom is -0.355 e. The Labute approximate surface area is 147 Å². The summed E-state index contributed by atoms with van der Waals surface area (Å²) in [5, 5.41) is 3.07. The Kier molecular flexibility index (Phi) is 11.5. The van der Waals surface area contributed by atoms with Gasteiger partial charge in [-0.1, -0.05) is 25.7 Å². The molecule has 0 aromatic carbocycles. The average Bonchev–Trinajstić information content (AvgIpc) is 2.95. The van der Waals surface area contributed by atoms with Crippen LogP contribution in [-0.4, -0.2) is 43.0 Å². The van der Waals surface area contributed by atoms with Crippen LogP contribution < -0.4 is 11.1 Å². The Balaban J connectivity index is 0.00000220. The number of carbonyl (C=O) groups excluding carboxylic acids is 1. The smallest absolute Gasteiger partial charge is 0.220 e. The number of nitrogens with two attached hydrogens (primary N) is 1. The third-order valence-corrected chi connectivity index (χ3v) is 5.15. The lowest BCUT2D eigenvalue weighted by atomic mass is 9.83. The van der Waals surface area contributed by atoms with Crippen molar-refractivity contribution in [3.63, 3.8) is 0 Å². The van der Waals surface area contributed by atoms with Gasteiger partial charge in [0.05, 0.1) is 0 Å². The fourth-order valence-electron chi connectivity index (χ4n) is 3.70.